The summed E-state index contributed by atoms with van der Waals surface area (Å²) in [6.45, 7) is 2.69. The van der Waals surface area contributed by atoms with E-state index in [9.17, 15) is 0 Å². The monoisotopic (exact) mass is 763 g/mol. The molecule has 0 saturated heterocycles. The second-order valence-electron chi connectivity index (χ2n) is 1.65. The van der Waals surface area contributed by atoms with Crippen molar-refractivity contribution in [1.29, 1.82) is 0 Å². The first-order valence-corrected chi connectivity index (χ1v) is 3.75. The standard InChI is InChI=1S/C7H9OS.7Y/c1-2-5-8-7-4-3-6-9-7;;;;;;;/h2-4,6H,5H2,1H3;;;;;;;/q-1;;;;;;;. The van der Waals surface area contributed by atoms with E-state index in [1.165, 1.54) is 0 Å². The van der Waals surface area contributed by atoms with Crippen molar-refractivity contribution < 1.29 is 234 Å². The van der Waals surface area contributed by atoms with Crippen molar-refractivity contribution in [3.8, 4) is 5.06 Å². The molecule has 0 atom stereocenters. The molecule has 0 aromatic carbocycles. The molecule has 0 unspecified atom stereocenters. The first-order chi connectivity index (χ1) is 4.43. The minimum absolute atomic E-state index is 0. The fraction of sp³-hybridized carbons (Fsp3) is 0.286. The van der Waals surface area contributed by atoms with Gasteiger partial charge in [0.05, 0.1) is 0 Å². The van der Waals surface area contributed by atoms with E-state index >= 15 is 0 Å². The molecule has 0 aliphatic heterocycles. The molecular weight excluding hydrogens is 754 g/mol. The third-order valence-electron chi connectivity index (χ3n) is 0.887. The number of hydrogen-bond donors (Lipinski definition) is 0. The normalized spacial score (nSPS) is 5.31. The third-order valence-corrected chi connectivity index (χ3v) is 1.67. The molecule has 0 aliphatic carbocycles. The van der Waals surface area contributed by atoms with Gasteiger partial charge in [-0.05, 0) is 24.1 Å². The maximum atomic E-state index is 5.26. The zero-order valence-electron chi connectivity index (χ0n) is 9.37. The van der Waals surface area contributed by atoms with Crippen LogP contribution in [0.1, 0.15) is 6.92 Å². The molecule has 0 saturated carbocycles. The van der Waals surface area contributed by atoms with Gasteiger partial charge in [-0.15, -0.1) is 11.3 Å². The molecule has 0 bridgehead atoms. The SMILES string of the molecule is C[CH-]COc1cccs1.[Y].[Y].[Y].[Y].[Y].[Y].[Y]. The fourth-order valence-corrected chi connectivity index (χ4v) is 1.10. The molecule has 71 valence electrons. The van der Waals surface area contributed by atoms with Crippen molar-refractivity contribution >= 4 is 11.3 Å². The average Bonchev–Trinajstić information content (AvgIpc) is 2.34. The van der Waals surface area contributed by atoms with Gasteiger partial charge in [-0.1, -0.05) is 0 Å². The Hall–Kier alpha value is 7.23. The summed E-state index contributed by atoms with van der Waals surface area (Å²) >= 11 is 1.62. The summed E-state index contributed by atoms with van der Waals surface area (Å²) < 4.78 is 5.26. The first-order valence-electron chi connectivity index (χ1n) is 2.87. The van der Waals surface area contributed by atoms with Crippen molar-refractivity contribution in [3.05, 3.63) is 23.9 Å². The topological polar surface area (TPSA) is 9.23 Å². The second-order valence-corrected chi connectivity index (χ2v) is 2.56. The van der Waals surface area contributed by atoms with Gasteiger partial charge >= 0.3 is 0 Å². The van der Waals surface area contributed by atoms with E-state index in [4.69, 9.17) is 4.74 Å². The Morgan fingerprint density at radius 1 is 1.06 bits per heavy atom. The Morgan fingerprint density at radius 3 is 1.88 bits per heavy atom. The van der Waals surface area contributed by atoms with Crippen LogP contribution in [-0.4, -0.2) is 6.61 Å². The van der Waals surface area contributed by atoms with Crippen LogP contribution in [0.5, 0.6) is 5.06 Å². The van der Waals surface area contributed by atoms with Crippen molar-refractivity contribution in [3.63, 3.8) is 0 Å². The summed E-state index contributed by atoms with van der Waals surface area (Å²) in [6.07, 6.45) is 1.99. The van der Waals surface area contributed by atoms with Crippen LogP contribution in [0, 0.1) is 6.42 Å². The average molecular weight is 764 g/mol. The minimum atomic E-state index is 0. The van der Waals surface area contributed by atoms with Gasteiger partial charge in [0.2, 0.25) is 0 Å². The molecule has 1 nitrogen and oxygen atoms in total. The molecule has 0 fully saturated rings. The maximum absolute atomic E-state index is 5.26. The van der Waals surface area contributed by atoms with Crippen LogP contribution in [0.4, 0.5) is 0 Å². The van der Waals surface area contributed by atoms with Crippen LogP contribution in [0.3, 0.4) is 0 Å². The van der Waals surface area contributed by atoms with Gasteiger partial charge in [0, 0.05) is 229 Å². The molecule has 0 amide bonds. The largest absolute Gasteiger partial charge is 0.517 e. The van der Waals surface area contributed by atoms with Crippen LogP contribution in [0.2, 0.25) is 0 Å². The van der Waals surface area contributed by atoms with E-state index < -0.39 is 0 Å². The third kappa shape index (κ3) is 26.1. The molecule has 0 spiro atoms. The zero-order valence-corrected chi connectivity index (χ0v) is 30.1. The molecule has 9 heteroatoms. The Morgan fingerprint density at radius 2 is 1.56 bits per heavy atom. The summed E-state index contributed by atoms with van der Waals surface area (Å²) in [5.74, 6) is 0. The number of ether oxygens (including phenoxy) is 1. The Labute approximate surface area is 279 Å². The van der Waals surface area contributed by atoms with Crippen LogP contribution in [-0.2, 0) is 229 Å². The minimum Gasteiger partial charge on any atom is -0.517 e. The zero-order chi connectivity index (χ0) is 6.53. The van der Waals surface area contributed by atoms with Gasteiger partial charge in [0.15, 0.2) is 5.06 Å². The predicted octanol–water partition coefficient (Wildman–Crippen LogP) is 2.33. The summed E-state index contributed by atoms with van der Waals surface area (Å²) in [6, 6.07) is 3.95. The van der Waals surface area contributed by atoms with Gasteiger partial charge in [0.1, 0.15) is 0 Å². The predicted molar refractivity (Wildman–Crippen MR) is 39.8 cm³/mol. The van der Waals surface area contributed by atoms with E-state index in [1.807, 2.05) is 30.9 Å². The smallest absolute Gasteiger partial charge is 0.170 e. The van der Waals surface area contributed by atoms with E-state index in [0.29, 0.717) is 6.61 Å². The van der Waals surface area contributed by atoms with Gasteiger partial charge in [-0.3, -0.25) is 6.42 Å². The fourth-order valence-electron chi connectivity index (χ4n) is 0.511. The van der Waals surface area contributed by atoms with Crippen molar-refractivity contribution in [2.45, 2.75) is 6.92 Å². The van der Waals surface area contributed by atoms with E-state index in [2.05, 4.69) is 0 Å². The molecule has 0 aliphatic rings. The summed E-state index contributed by atoms with van der Waals surface area (Å²) in [7, 11) is 0. The number of hydrogen-bond acceptors (Lipinski definition) is 2. The van der Waals surface area contributed by atoms with Crippen molar-refractivity contribution in [2.75, 3.05) is 6.61 Å². The van der Waals surface area contributed by atoms with Gasteiger partial charge < -0.3 is 4.74 Å². The van der Waals surface area contributed by atoms with E-state index in [-0.39, 0.29) is 229 Å². The Kier molecular flexibility index (Phi) is 91.9. The summed E-state index contributed by atoms with van der Waals surface area (Å²) in [4.78, 5) is 0. The molecule has 1 aromatic rings. The maximum Gasteiger partial charge on any atom is 0.170 e. The number of rotatable bonds is 3. The van der Waals surface area contributed by atoms with E-state index in [1.54, 1.807) is 11.3 Å². The van der Waals surface area contributed by atoms with Crippen LogP contribution in [0.25, 0.3) is 0 Å². The Balaban J connectivity index is -0.0000000231. The van der Waals surface area contributed by atoms with Crippen LogP contribution in [0.15, 0.2) is 17.5 Å². The van der Waals surface area contributed by atoms with Gasteiger partial charge in [-0.25, -0.2) is 0 Å². The molecular formula is C7H9OSY7-. The van der Waals surface area contributed by atoms with Crippen LogP contribution >= 0.6 is 11.3 Å². The molecule has 7 radical (unpaired) electrons. The summed E-state index contributed by atoms with van der Waals surface area (Å²) in [5.41, 5.74) is 0. The Bertz CT molecular complexity index is 162. The van der Waals surface area contributed by atoms with Crippen LogP contribution < -0.4 is 4.74 Å². The molecule has 0 N–H and O–H groups in total. The van der Waals surface area contributed by atoms with Gasteiger partial charge in [-0.2, -0.15) is 6.92 Å². The van der Waals surface area contributed by atoms with Gasteiger partial charge in [0.25, 0.3) is 0 Å². The molecule has 16 heavy (non-hydrogen) atoms. The second kappa shape index (κ2) is 33.7. The molecule has 1 aromatic heterocycles. The molecule has 1 heterocycles. The quantitative estimate of drug-likeness (QED) is 0.431. The van der Waals surface area contributed by atoms with Crippen molar-refractivity contribution in [2.24, 2.45) is 0 Å². The van der Waals surface area contributed by atoms with Crippen molar-refractivity contribution in [1.82, 2.24) is 0 Å². The first kappa shape index (κ1) is 43.6. The van der Waals surface area contributed by atoms with E-state index in [0.717, 1.165) is 5.06 Å². The number of thiophene rings is 1. The molecule has 1 rings (SSSR count). The summed E-state index contributed by atoms with van der Waals surface area (Å²) in [5, 5.41) is 3.00.